The molecule has 6 nitrogen and oxygen atoms in total. The minimum Gasteiger partial charge on any atom is -0.479 e. The molecular weight excluding hydrogens is 503 g/mol. The van der Waals surface area contributed by atoms with E-state index in [0.29, 0.717) is 29.6 Å². The average Bonchev–Trinajstić information content (AvgIpc) is 3.18. The molecule has 31 heavy (non-hydrogen) atoms. The SMILES string of the molecule is CC(CCN1CCS[C@@H]1C(=O)O)N(c1cc(Cl)ccc1Cl)S(=O)(=O)c1ccc(Cl)cc1. The van der Waals surface area contributed by atoms with Gasteiger partial charge in [0.1, 0.15) is 0 Å². The molecule has 2 atom stereocenters. The van der Waals surface area contributed by atoms with Crippen molar-refractivity contribution in [3.05, 3.63) is 57.5 Å². The molecule has 1 fully saturated rings. The predicted octanol–water partition coefficient (Wildman–Crippen LogP) is 5.08. The maximum absolute atomic E-state index is 13.6. The van der Waals surface area contributed by atoms with Crippen molar-refractivity contribution in [2.24, 2.45) is 0 Å². The monoisotopic (exact) mass is 522 g/mol. The molecule has 11 heteroatoms. The van der Waals surface area contributed by atoms with E-state index < -0.39 is 27.4 Å². The highest BCUT2D eigenvalue weighted by Gasteiger charge is 2.34. The third-order valence-electron chi connectivity index (χ3n) is 4.95. The van der Waals surface area contributed by atoms with Crippen molar-refractivity contribution >= 4 is 68.2 Å². The number of benzene rings is 2. The third kappa shape index (κ3) is 5.61. The predicted molar refractivity (Wildman–Crippen MR) is 127 cm³/mol. The lowest BCUT2D eigenvalue weighted by atomic mass is 10.2. The van der Waals surface area contributed by atoms with Crippen LogP contribution in [0.5, 0.6) is 0 Å². The number of anilines is 1. The van der Waals surface area contributed by atoms with Crippen molar-refractivity contribution < 1.29 is 18.3 Å². The van der Waals surface area contributed by atoms with E-state index in [4.69, 9.17) is 34.8 Å². The van der Waals surface area contributed by atoms with Gasteiger partial charge in [-0.25, -0.2) is 13.2 Å². The normalized spacial score (nSPS) is 18.1. The quantitative estimate of drug-likeness (QED) is 0.520. The molecule has 0 spiro atoms. The Morgan fingerprint density at radius 2 is 1.84 bits per heavy atom. The number of nitrogens with zero attached hydrogens (tertiary/aromatic N) is 2. The van der Waals surface area contributed by atoms with Crippen LogP contribution in [0.1, 0.15) is 13.3 Å². The first-order chi connectivity index (χ1) is 14.6. The van der Waals surface area contributed by atoms with Gasteiger partial charge in [0.2, 0.25) is 0 Å². The maximum Gasteiger partial charge on any atom is 0.331 e. The Hall–Kier alpha value is -1.16. The van der Waals surface area contributed by atoms with Gasteiger partial charge in [0, 0.05) is 34.9 Å². The van der Waals surface area contributed by atoms with Crippen molar-refractivity contribution in [3.63, 3.8) is 0 Å². The van der Waals surface area contributed by atoms with Crippen LogP contribution >= 0.6 is 46.6 Å². The van der Waals surface area contributed by atoms with Crippen molar-refractivity contribution in [2.75, 3.05) is 23.1 Å². The van der Waals surface area contributed by atoms with E-state index in [1.54, 1.807) is 19.1 Å². The molecule has 0 aromatic heterocycles. The average molecular weight is 524 g/mol. The fourth-order valence-electron chi connectivity index (χ4n) is 3.41. The Balaban J connectivity index is 1.95. The summed E-state index contributed by atoms with van der Waals surface area (Å²) in [6, 6.07) is 10.0. The lowest BCUT2D eigenvalue weighted by Gasteiger charge is -2.32. The summed E-state index contributed by atoms with van der Waals surface area (Å²) in [7, 11) is -3.99. The zero-order chi connectivity index (χ0) is 22.8. The molecule has 3 rings (SSSR count). The molecular formula is C20H21Cl3N2O4S2. The summed E-state index contributed by atoms with van der Waals surface area (Å²) in [5, 5.41) is 9.79. The molecule has 0 bridgehead atoms. The summed E-state index contributed by atoms with van der Waals surface area (Å²) < 4.78 is 28.4. The van der Waals surface area contributed by atoms with Gasteiger partial charge in [-0.05, 0) is 55.8 Å². The minimum atomic E-state index is -3.99. The van der Waals surface area contributed by atoms with E-state index in [-0.39, 0.29) is 15.6 Å². The number of hydrogen-bond acceptors (Lipinski definition) is 5. The van der Waals surface area contributed by atoms with E-state index in [1.165, 1.54) is 46.4 Å². The lowest BCUT2D eigenvalue weighted by molar-refractivity contribution is -0.139. The molecule has 1 unspecified atom stereocenters. The third-order valence-corrected chi connectivity index (χ3v) is 8.93. The minimum absolute atomic E-state index is 0.0694. The van der Waals surface area contributed by atoms with E-state index in [1.807, 2.05) is 4.90 Å². The zero-order valence-corrected chi connectivity index (χ0v) is 20.4. The van der Waals surface area contributed by atoms with Gasteiger partial charge < -0.3 is 5.11 Å². The summed E-state index contributed by atoms with van der Waals surface area (Å²) in [4.78, 5) is 13.4. The van der Waals surface area contributed by atoms with Crippen molar-refractivity contribution in [1.29, 1.82) is 0 Å². The van der Waals surface area contributed by atoms with Crippen LogP contribution in [0.3, 0.4) is 0 Å². The van der Waals surface area contributed by atoms with Gasteiger partial charge in [0.05, 0.1) is 15.6 Å². The summed E-state index contributed by atoms with van der Waals surface area (Å²) in [6.07, 6.45) is 0.403. The number of sulfonamides is 1. The first kappa shape index (κ1) is 24.5. The standard InChI is InChI=1S/C20H21Cl3N2O4S2/c1-13(8-9-24-10-11-30-19(24)20(26)27)25(18-12-15(22)4-7-17(18)23)31(28,29)16-5-2-14(21)3-6-16/h2-7,12-13,19H,8-11H2,1H3,(H,26,27)/t13?,19-/m1/s1. The van der Waals surface area contributed by atoms with Crippen molar-refractivity contribution in [2.45, 2.75) is 29.7 Å². The molecule has 1 heterocycles. The van der Waals surface area contributed by atoms with Gasteiger partial charge in [0.25, 0.3) is 10.0 Å². The van der Waals surface area contributed by atoms with E-state index >= 15 is 0 Å². The van der Waals surface area contributed by atoms with Crippen LogP contribution in [0.15, 0.2) is 47.4 Å². The van der Waals surface area contributed by atoms with Gasteiger partial charge >= 0.3 is 5.97 Å². The highest BCUT2D eigenvalue weighted by molar-refractivity contribution is 8.00. The van der Waals surface area contributed by atoms with Crippen LogP contribution in [0.2, 0.25) is 15.1 Å². The second-order valence-electron chi connectivity index (χ2n) is 7.09. The molecule has 0 aliphatic carbocycles. The Bertz CT molecular complexity index is 1050. The highest BCUT2D eigenvalue weighted by atomic mass is 35.5. The Morgan fingerprint density at radius 1 is 1.19 bits per heavy atom. The van der Waals surface area contributed by atoms with Crippen molar-refractivity contribution in [3.8, 4) is 0 Å². The maximum atomic E-state index is 13.6. The molecule has 2 aromatic rings. The number of carboxylic acids is 1. The molecule has 1 aliphatic rings. The van der Waals surface area contributed by atoms with Crippen LogP contribution < -0.4 is 4.31 Å². The van der Waals surface area contributed by atoms with Crippen LogP contribution in [0.4, 0.5) is 5.69 Å². The number of rotatable bonds is 8. The highest BCUT2D eigenvalue weighted by Crippen LogP contribution is 2.36. The fourth-order valence-corrected chi connectivity index (χ4v) is 6.78. The number of aliphatic carboxylic acids is 1. The number of halogens is 3. The molecule has 0 amide bonds. The van der Waals surface area contributed by atoms with E-state index in [9.17, 15) is 18.3 Å². The smallest absolute Gasteiger partial charge is 0.331 e. The van der Waals surface area contributed by atoms with Crippen molar-refractivity contribution in [1.82, 2.24) is 4.90 Å². The Kier molecular flexibility index (Phi) is 8.05. The van der Waals surface area contributed by atoms with Gasteiger partial charge in [-0.3, -0.25) is 9.21 Å². The van der Waals surface area contributed by atoms with Gasteiger partial charge in [0.15, 0.2) is 5.37 Å². The van der Waals surface area contributed by atoms with Gasteiger partial charge in [-0.2, -0.15) is 0 Å². The van der Waals surface area contributed by atoms with Crippen LogP contribution in [-0.2, 0) is 14.8 Å². The van der Waals surface area contributed by atoms with E-state index in [2.05, 4.69) is 0 Å². The largest absolute Gasteiger partial charge is 0.479 e. The van der Waals surface area contributed by atoms with Gasteiger partial charge in [-0.1, -0.05) is 34.8 Å². The molecule has 168 valence electrons. The Morgan fingerprint density at radius 3 is 2.48 bits per heavy atom. The van der Waals surface area contributed by atoms with Gasteiger partial charge in [-0.15, -0.1) is 11.8 Å². The topological polar surface area (TPSA) is 77.9 Å². The summed E-state index contributed by atoms with van der Waals surface area (Å²) >= 11 is 19.8. The first-order valence-electron chi connectivity index (χ1n) is 9.45. The van der Waals surface area contributed by atoms with Crippen LogP contribution in [0.25, 0.3) is 0 Å². The molecule has 2 aromatic carbocycles. The summed E-state index contributed by atoms with van der Waals surface area (Å²) in [5.41, 5.74) is 0.266. The number of carbonyl (C=O) groups is 1. The second kappa shape index (κ2) is 10.2. The number of thioether (sulfide) groups is 1. The molecule has 0 radical (unpaired) electrons. The van der Waals surface area contributed by atoms with E-state index in [0.717, 1.165) is 5.75 Å². The summed E-state index contributed by atoms with van der Waals surface area (Å²) in [5.74, 6) is -0.170. The fraction of sp³-hybridized carbons (Fsp3) is 0.350. The van der Waals surface area contributed by atoms with Crippen LogP contribution in [0, 0.1) is 0 Å². The number of carboxylic acid groups (broad SMARTS) is 1. The molecule has 0 saturated carbocycles. The Labute approximate surface area is 201 Å². The lowest BCUT2D eigenvalue weighted by Crippen LogP contribution is -2.42. The molecule has 1 N–H and O–H groups in total. The molecule has 1 saturated heterocycles. The van der Waals surface area contributed by atoms with Crippen LogP contribution in [-0.4, -0.2) is 54.7 Å². The molecule has 1 aliphatic heterocycles. The summed E-state index contributed by atoms with van der Waals surface area (Å²) in [6.45, 7) is 2.83. The second-order valence-corrected chi connectivity index (χ2v) is 11.4. The number of hydrogen-bond donors (Lipinski definition) is 1. The zero-order valence-electron chi connectivity index (χ0n) is 16.5. The first-order valence-corrected chi connectivity index (χ1v) is 13.1.